The molecule has 0 saturated carbocycles. The van der Waals surface area contributed by atoms with E-state index in [2.05, 4.69) is 5.32 Å². The number of nitrogens with two attached hydrogens (primary N) is 1. The monoisotopic (exact) mass is 235 g/mol. The number of urea groups is 1. The van der Waals surface area contributed by atoms with Crippen molar-refractivity contribution in [3.8, 4) is 0 Å². The smallest absolute Gasteiger partial charge is 0.318 e. The van der Waals surface area contributed by atoms with Crippen LogP contribution in [-0.2, 0) is 4.79 Å². The molecule has 0 saturated heterocycles. The van der Waals surface area contributed by atoms with Crippen LogP contribution in [0.25, 0.3) is 0 Å². The molecule has 5 heteroatoms. The van der Waals surface area contributed by atoms with Gasteiger partial charge in [0.25, 0.3) is 0 Å². The number of carbonyl (C=O) groups excluding carboxylic acids is 2. The van der Waals surface area contributed by atoms with Crippen molar-refractivity contribution in [1.82, 2.24) is 5.32 Å². The summed E-state index contributed by atoms with van der Waals surface area (Å²) in [6.07, 6.45) is 0. The molecular formula is C12H17N3O2. The summed E-state index contributed by atoms with van der Waals surface area (Å²) in [4.78, 5) is 22.0. The SMILES string of the molecule is Cc1ccc(NC(C)C(=O)NC(N)=O)cc1C. The number of hydrogen-bond donors (Lipinski definition) is 3. The molecule has 1 rings (SSSR count). The Bertz CT molecular complexity index is 443. The molecule has 1 atom stereocenters. The van der Waals surface area contributed by atoms with E-state index in [9.17, 15) is 9.59 Å². The normalized spacial score (nSPS) is 11.7. The van der Waals surface area contributed by atoms with Crippen LogP contribution in [0.2, 0.25) is 0 Å². The Morgan fingerprint density at radius 1 is 1.24 bits per heavy atom. The molecule has 0 aromatic heterocycles. The fraction of sp³-hybridized carbons (Fsp3) is 0.333. The minimum atomic E-state index is -0.844. The number of primary amides is 1. The topological polar surface area (TPSA) is 84.2 Å². The lowest BCUT2D eigenvalue weighted by molar-refractivity contribution is -0.120. The highest BCUT2D eigenvalue weighted by atomic mass is 16.2. The Morgan fingerprint density at radius 3 is 2.41 bits per heavy atom. The summed E-state index contributed by atoms with van der Waals surface area (Å²) in [5, 5.41) is 5.02. The van der Waals surface area contributed by atoms with Crippen molar-refractivity contribution >= 4 is 17.6 Å². The molecule has 0 aliphatic heterocycles. The highest BCUT2D eigenvalue weighted by Crippen LogP contribution is 2.14. The van der Waals surface area contributed by atoms with E-state index < -0.39 is 18.0 Å². The average molecular weight is 235 g/mol. The molecule has 1 aromatic rings. The van der Waals surface area contributed by atoms with Gasteiger partial charge < -0.3 is 11.1 Å². The predicted molar refractivity (Wildman–Crippen MR) is 66.7 cm³/mol. The number of benzene rings is 1. The van der Waals surface area contributed by atoms with Gasteiger partial charge in [-0.15, -0.1) is 0 Å². The minimum absolute atomic E-state index is 0.448. The van der Waals surface area contributed by atoms with Gasteiger partial charge in [0, 0.05) is 5.69 Å². The number of nitrogens with one attached hydrogen (secondary N) is 2. The Hall–Kier alpha value is -2.04. The molecule has 0 radical (unpaired) electrons. The lowest BCUT2D eigenvalue weighted by Gasteiger charge is -2.14. The zero-order chi connectivity index (χ0) is 13.0. The number of imide groups is 1. The Labute approximate surface area is 100 Å². The lowest BCUT2D eigenvalue weighted by atomic mass is 10.1. The van der Waals surface area contributed by atoms with Crippen molar-refractivity contribution in [2.75, 3.05) is 5.32 Å². The van der Waals surface area contributed by atoms with Crippen LogP contribution < -0.4 is 16.4 Å². The van der Waals surface area contributed by atoms with Crippen LogP contribution in [0, 0.1) is 13.8 Å². The average Bonchev–Trinajstić information content (AvgIpc) is 2.22. The molecular weight excluding hydrogens is 218 g/mol. The van der Waals surface area contributed by atoms with E-state index in [0.29, 0.717) is 0 Å². The van der Waals surface area contributed by atoms with E-state index >= 15 is 0 Å². The lowest BCUT2D eigenvalue weighted by Crippen LogP contribution is -2.43. The quantitative estimate of drug-likeness (QED) is 0.738. The summed E-state index contributed by atoms with van der Waals surface area (Å²) in [6, 6.07) is 4.43. The van der Waals surface area contributed by atoms with Gasteiger partial charge in [-0.05, 0) is 44.0 Å². The molecule has 3 amide bonds. The van der Waals surface area contributed by atoms with Gasteiger partial charge in [0.15, 0.2) is 0 Å². The molecule has 0 fully saturated rings. The molecule has 0 bridgehead atoms. The van der Waals surface area contributed by atoms with Crippen molar-refractivity contribution in [1.29, 1.82) is 0 Å². The van der Waals surface area contributed by atoms with E-state index in [1.807, 2.05) is 37.4 Å². The van der Waals surface area contributed by atoms with Gasteiger partial charge in [-0.3, -0.25) is 10.1 Å². The third kappa shape index (κ3) is 3.79. The van der Waals surface area contributed by atoms with Crippen LogP contribution in [0.1, 0.15) is 18.1 Å². The van der Waals surface area contributed by atoms with Crippen molar-refractivity contribution in [2.24, 2.45) is 5.73 Å². The van der Waals surface area contributed by atoms with Crippen molar-refractivity contribution in [3.05, 3.63) is 29.3 Å². The number of aryl methyl sites for hydroxylation is 2. The standard InChI is InChI=1S/C12H17N3O2/c1-7-4-5-10(6-8(7)2)14-9(3)11(16)15-12(13)17/h4-6,9,14H,1-3H3,(H3,13,15,16,17). The van der Waals surface area contributed by atoms with Gasteiger partial charge in [0.2, 0.25) is 5.91 Å². The van der Waals surface area contributed by atoms with E-state index in [1.165, 1.54) is 5.56 Å². The van der Waals surface area contributed by atoms with Crippen LogP contribution >= 0.6 is 0 Å². The first-order chi connectivity index (χ1) is 7.90. The van der Waals surface area contributed by atoms with Crippen LogP contribution in [0.15, 0.2) is 18.2 Å². The van der Waals surface area contributed by atoms with Gasteiger partial charge in [-0.2, -0.15) is 0 Å². The second-order valence-corrected chi connectivity index (χ2v) is 4.02. The molecule has 92 valence electrons. The third-order valence-corrected chi connectivity index (χ3v) is 2.53. The van der Waals surface area contributed by atoms with Crippen LogP contribution in [-0.4, -0.2) is 18.0 Å². The fourth-order valence-corrected chi connectivity index (χ4v) is 1.38. The summed E-state index contributed by atoms with van der Waals surface area (Å²) in [5.74, 6) is -0.448. The summed E-state index contributed by atoms with van der Waals surface area (Å²) >= 11 is 0. The van der Waals surface area contributed by atoms with E-state index in [1.54, 1.807) is 6.92 Å². The zero-order valence-corrected chi connectivity index (χ0v) is 10.2. The molecule has 0 heterocycles. The molecule has 17 heavy (non-hydrogen) atoms. The second kappa shape index (κ2) is 5.34. The Balaban J connectivity index is 2.67. The van der Waals surface area contributed by atoms with Gasteiger partial charge in [-0.1, -0.05) is 6.07 Å². The van der Waals surface area contributed by atoms with Gasteiger partial charge in [0.1, 0.15) is 6.04 Å². The first-order valence-corrected chi connectivity index (χ1v) is 5.34. The number of hydrogen-bond acceptors (Lipinski definition) is 3. The van der Waals surface area contributed by atoms with E-state index in [4.69, 9.17) is 5.73 Å². The Kier molecular flexibility index (Phi) is 4.09. The van der Waals surface area contributed by atoms with Crippen LogP contribution in [0.4, 0.5) is 10.5 Å². The minimum Gasteiger partial charge on any atom is -0.374 e. The van der Waals surface area contributed by atoms with Crippen LogP contribution in [0.3, 0.4) is 0 Å². The zero-order valence-electron chi connectivity index (χ0n) is 10.2. The third-order valence-electron chi connectivity index (χ3n) is 2.53. The first kappa shape index (κ1) is 13.0. The molecule has 4 N–H and O–H groups in total. The highest BCUT2D eigenvalue weighted by molar-refractivity contribution is 5.97. The number of anilines is 1. The number of rotatable bonds is 3. The maximum atomic E-state index is 11.4. The Morgan fingerprint density at radius 2 is 1.88 bits per heavy atom. The van der Waals surface area contributed by atoms with E-state index in [-0.39, 0.29) is 0 Å². The van der Waals surface area contributed by atoms with Crippen molar-refractivity contribution in [2.45, 2.75) is 26.8 Å². The molecule has 0 aliphatic carbocycles. The number of carbonyl (C=O) groups is 2. The largest absolute Gasteiger partial charge is 0.374 e. The summed E-state index contributed by atoms with van der Waals surface area (Å²) in [7, 11) is 0. The van der Waals surface area contributed by atoms with Gasteiger partial charge in [0.05, 0.1) is 0 Å². The maximum Gasteiger partial charge on any atom is 0.318 e. The van der Waals surface area contributed by atoms with Gasteiger partial charge >= 0.3 is 6.03 Å². The fourth-order valence-electron chi connectivity index (χ4n) is 1.38. The molecule has 5 nitrogen and oxygen atoms in total. The molecule has 0 aliphatic rings. The van der Waals surface area contributed by atoms with Gasteiger partial charge in [-0.25, -0.2) is 4.79 Å². The molecule has 1 aromatic carbocycles. The number of amides is 3. The van der Waals surface area contributed by atoms with Crippen molar-refractivity contribution in [3.63, 3.8) is 0 Å². The maximum absolute atomic E-state index is 11.4. The highest BCUT2D eigenvalue weighted by Gasteiger charge is 2.13. The predicted octanol–water partition coefficient (Wildman–Crippen LogP) is 1.30. The summed E-state index contributed by atoms with van der Waals surface area (Å²) in [5.41, 5.74) is 8.02. The summed E-state index contributed by atoms with van der Waals surface area (Å²) in [6.45, 7) is 5.67. The molecule has 0 spiro atoms. The summed E-state index contributed by atoms with van der Waals surface area (Å²) < 4.78 is 0. The van der Waals surface area contributed by atoms with Crippen molar-refractivity contribution < 1.29 is 9.59 Å². The first-order valence-electron chi connectivity index (χ1n) is 5.34. The van der Waals surface area contributed by atoms with Crippen LogP contribution in [0.5, 0.6) is 0 Å². The molecule has 1 unspecified atom stereocenters. The van der Waals surface area contributed by atoms with E-state index in [0.717, 1.165) is 11.3 Å². The second-order valence-electron chi connectivity index (χ2n) is 4.02.